The van der Waals surface area contributed by atoms with Gasteiger partial charge in [-0.1, -0.05) is 52.0 Å². The van der Waals surface area contributed by atoms with Crippen molar-refractivity contribution >= 4 is 33.4 Å². The standard InChI is InChI=1S/C18H15BrN4O2S/c1-2-11-22-17(13-7-9-15(10-8-13)23(24)25)20-21-18(22)26-12-14-5-3-4-6-16(14)19/h2-10H,1,11-12H2. The van der Waals surface area contributed by atoms with E-state index in [0.29, 0.717) is 12.4 Å². The van der Waals surface area contributed by atoms with Crippen molar-refractivity contribution in [2.24, 2.45) is 0 Å². The van der Waals surface area contributed by atoms with E-state index in [1.165, 1.54) is 17.7 Å². The molecule has 0 N–H and O–H groups in total. The monoisotopic (exact) mass is 430 g/mol. The highest BCUT2D eigenvalue weighted by Gasteiger charge is 2.15. The highest BCUT2D eigenvalue weighted by molar-refractivity contribution is 9.10. The van der Waals surface area contributed by atoms with Crippen LogP contribution < -0.4 is 0 Å². The van der Waals surface area contributed by atoms with Gasteiger partial charge < -0.3 is 0 Å². The van der Waals surface area contributed by atoms with E-state index in [-0.39, 0.29) is 5.69 Å². The number of nitrogens with zero attached hydrogens (tertiary/aromatic N) is 4. The summed E-state index contributed by atoms with van der Waals surface area (Å²) in [5, 5.41) is 20.2. The fourth-order valence-corrected chi connectivity index (χ4v) is 3.95. The molecular weight excluding hydrogens is 416 g/mol. The first-order chi connectivity index (χ1) is 12.6. The van der Waals surface area contributed by atoms with Gasteiger partial charge >= 0.3 is 0 Å². The summed E-state index contributed by atoms with van der Waals surface area (Å²) in [5.41, 5.74) is 1.99. The van der Waals surface area contributed by atoms with Gasteiger partial charge in [-0.05, 0) is 23.8 Å². The zero-order valence-corrected chi connectivity index (χ0v) is 16.1. The zero-order chi connectivity index (χ0) is 18.5. The minimum absolute atomic E-state index is 0.0482. The molecule has 1 aromatic heterocycles. The molecule has 132 valence electrons. The van der Waals surface area contributed by atoms with Gasteiger partial charge in [0.25, 0.3) is 5.69 Å². The highest BCUT2D eigenvalue weighted by atomic mass is 79.9. The molecule has 0 aliphatic carbocycles. The number of nitro groups is 1. The lowest BCUT2D eigenvalue weighted by molar-refractivity contribution is -0.384. The Morgan fingerprint density at radius 1 is 1.19 bits per heavy atom. The number of hydrogen-bond acceptors (Lipinski definition) is 5. The molecule has 0 spiro atoms. The van der Waals surface area contributed by atoms with Crippen molar-refractivity contribution < 1.29 is 4.92 Å². The van der Waals surface area contributed by atoms with Crippen molar-refractivity contribution in [3.63, 3.8) is 0 Å². The van der Waals surface area contributed by atoms with Gasteiger partial charge in [-0.2, -0.15) is 0 Å². The molecule has 0 aliphatic heterocycles. The minimum atomic E-state index is -0.419. The second-order valence-corrected chi connectivity index (χ2v) is 7.19. The first-order valence-corrected chi connectivity index (χ1v) is 9.53. The van der Waals surface area contributed by atoms with Gasteiger partial charge in [0.2, 0.25) is 0 Å². The number of allylic oxidation sites excluding steroid dienone is 1. The molecule has 0 radical (unpaired) electrons. The van der Waals surface area contributed by atoms with Gasteiger partial charge in [0.15, 0.2) is 11.0 Å². The molecule has 0 aliphatic rings. The molecule has 0 atom stereocenters. The molecule has 0 unspecified atom stereocenters. The molecular formula is C18H15BrN4O2S. The summed E-state index contributed by atoms with van der Waals surface area (Å²) in [5.74, 6) is 1.41. The highest BCUT2D eigenvalue weighted by Crippen LogP contribution is 2.29. The summed E-state index contributed by atoms with van der Waals surface area (Å²) in [6.45, 7) is 4.35. The molecule has 0 saturated carbocycles. The average molecular weight is 431 g/mol. The Labute approximate surface area is 163 Å². The van der Waals surface area contributed by atoms with Crippen molar-refractivity contribution in [2.75, 3.05) is 0 Å². The smallest absolute Gasteiger partial charge is 0.269 e. The van der Waals surface area contributed by atoms with Crippen LogP contribution in [0.4, 0.5) is 5.69 Å². The Morgan fingerprint density at radius 2 is 1.92 bits per heavy atom. The predicted octanol–water partition coefficient (Wildman–Crippen LogP) is 5.09. The maximum atomic E-state index is 10.8. The van der Waals surface area contributed by atoms with Crippen LogP contribution in [-0.4, -0.2) is 19.7 Å². The van der Waals surface area contributed by atoms with E-state index in [0.717, 1.165) is 20.9 Å². The summed E-state index contributed by atoms with van der Waals surface area (Å²) in [6.07, 6.45) is 1.78. The van der Waals surface area contributed by atoms with Gasteiger partial charge in [0.1, 0.15) is 0 Å². The number of rotatable bonds is 7. The maximum absolute atomic E-state index is 10.8. The SMILES string of the molecule is C=CCn1c(SCc2ccccc2Br)nnc1-c1ccc([N+](=O)[O-])cc1. The minimum Gasteiger partial charge on any atom is -0.298 e. The summed E-state index contributed by atoms with van der Waals surface area (Å²) < 4.78 is 3.01. The third-order valence-electron chi connectivity index (χ3n) is 3.68. The van der Waals surface area contributed by atoms with Gasteiger partial charge in [0.05, 0.1) is 4.92 Å². The van der Waals surface area contributed by atoms with Crippen LogP contribution in [0.1, 0.15) is 5.56 Å². The van der Waals surface area contributed by atoms with Gasteiger partial charge in [-0.25, -0.2) is 0 Å². The fraction of sp³-hybridized carbons (Fsp3) is 0.111. The Kier molecular flexibility index (Phi) is 5.85. The number of non-ortho nitro benzene ring substituents is 1. The summed E-state index contributed by atoms with van der Waals surface area (Å²) in [6, 6.07) is 14.3. The Bertz CT molecular complexity index is 941. The molecule has 26 heavy (non-hydrogen) atoms. The number of nitro benzene ring substituents is 1. The summed E-state index contributed by atoms with van der Waals surface area (Å²) in [4.78, 5) is 10.4. The second kappa shape index (κ2) is 8.29. The summed E-state index contributed by atoms with van der Waals surface area (Å²) in [7, 11) is 0. The molecule has 0 bridgehead atoms. The zero-order valence-electron chi connectivity index (χ0n) is 13.7. The van der Waals surface area contributed by atoms with E-state index < -0.39 is 4.92 Å². The quantitative estimate of drug-likeness (QED) is 0.225. The lowest BCUT2D eigenvalue weighted by Gasteiger charge is -2.08. The van der Waals surface area contributed by atoms with Crippen molar-refractivity contribution in [3.8, 4) is 11.4 Å². The van der Waals surface area contributed by atoms with Gasteiger partial charge in [-0.3, -0.25) is 14.7 Å². The van der Waals surface area contributed by atoms with Crippen molar-refractivity contribution in [2.45, 2.75) is 17.5 Å². The molecule has 2 aromatic carbocycles. The van der Waals surface area contributed by atoms with E-state index >= 15 is 0 Å². The van der Waals surface area contributed by atoms with Gasteiger partial charge in [-0.15, -0.1) is 16.8 Å². The number of thioether (sulfide) groups is 1. The number of aromatic nitrogens is 3. The maximum Gasteiger partial charge on any atom is 0.269 e. The Hall–Kier alpha value is -2.45. The van der Waals surface area contributed by atoms with Crippen LogP contribution in [0.3, 0.4) is 0 Å². The molecule has 0 fully saturated rings. The van der Waals surface area contributed by atoms with Crippen molar-refractivity contribution in [1.29, 1.82) is 0 Å². The van der Waals surface area contributed by atoms with Gasteiger partial charge in [0, 0.05) is 34.5 Å². The molecule has 8 heteroatoms. The van der Waals surface area contributed by atoms with Crippen LogP contribution in [0.2, 0.25) is 0 Å². The normalized spacial score (nSPS) is 10.7. The molecule has 3 rings (SSSR count). The van der Waals surface area contributed by atoms with Crippen LogP contribution in [0.15, 0.2) is 70.8 Å². The second-order valence-electron chi connectivity index (χ2n) is 5.39. The number of halogens is 1. The van der Waals surface area contributed by atoms with Crippen LogP contribution >= 0.6 is 27.7 Å². The molecule has 0 amide bonds. The number of hydrogen-bond donors (Lipinski definition) is 0. The largest absolute Gasteiger partial charge is 0.298 e. The average Bonchev–Trinajstić information content (AvgIpc) is 3.04. The van der Waals surface area contributed by atoms with E-state index in [1.54, 1.807) is 30.0 Å². The Morgan fingerprint density at radius 3 is 2.58 bits per heavy atom. The van der Waals surface area contributed by atoms with E-state index in [9.17, 15) is 10.1 Å². The lowest BCUT2D eigenvalue weighted by atomic mass is 10.2. The molecule has 1 heterocycles. The van der Waals surface area contributed by atoms with E-state index in [4.69, 9.17) is 0 Å². The molecule has 6 nitrogen and oxygen atoms in total. The Balaban J connectivity index is 1.87. The van der Waals surface area contributed by atoms with Crippen molar-refractivity contribution in [3.05, 3.63) is 81.3 Å². The van der Waals surface area contributed by atoms with Crippen LogP contribution in [0.5, 0.6) is 0 Å². The van der Waals surface area contributed by atoms with Crippen molar-refractivity contribution in [1.82, 2.24) is 14.8 Å². The fourth-order valence-electron chi connectivity index (χ4n) is 2.39. The lowest BCUT2D eigenvalue weighted by Crippen LogP contribution is -2.01. The van der Waals surface area contributed by atoms with E-state index in [1.807, 2.05) is 22.8 Å². The van der Waals surface area contributed by atoms with E-state index in [2.05, 4.69) is 38.8 Å². The molecule has 3 aromatic rings. The van der Waals surface area contributed by atoms with Crippen LogP contribution in [-0.2, 0) is 12.3 Å². The topological polar surface area (TPSA) is 73.8 Å². The first-order valence-electron chi connectivity index (χ1n) is 7.75. The number of benzene rings is 2. The third-order valence-corrected chi connectivity index (χ3v) is 5.47. The summed E-state index contributed by atoms with van der Waals surface area (Å²) >= 11 is 5.13. The van der Waals surface area contributed by atoms with Crippen LogP contribution in [0, 0.1) is 10.1 Å². The third kappa shape index (κ3) is 4.03. The molecule has 0 saturated heterocycles. The predicted molar refractivity (Wildman–Crippen MR) is 106 cm³/mol. The first kappa shape index (κ1) is 18.3. The van der Waals surface area contributed by atoms with Crippen LogP contribution in [0.25, 0.3) is 11.4 Å².